The maximum Gasteiger partial charge on any atom is 0.266 e. The van der Waals surface area contributed by atoms with Gasteiger partial charge in [-0.1, -0.05) is 6.08 Å². The second kappa shape index (κ2) is 9.15. The molecule has 0 bridgehead atoms. The minimum Gasteiger partial charge on any atom is -0.404 e. The van der Waals surface area contributed by atoms with Gasteiger partial charge in [-0.25, -0.2) is 23.1 Å². The summed E-state index contributed by atoms with van der Waals surface area (Å²) in [4.78, 5) is 13.5. The normalized spacial score (nSPS) is 19.9. The van der Waals surface area contributed by atoms with Gasteiger partial charge < -0.3 is 16.4 Å². The highest BCUT2D eigenvalue weighted by Gasteiger charge is 2.38. The van der Waals surface area contributed by atoms with Gasteiger partial charge >= 0.3 is 0 Å². The molecule has 7 nitrogen and oxygen atoms in total. The minimum atomic E-state index is -2.77. The van der Waals surface area contributed by atoms with Gasteiger partial charge in [-0.05, 0) is 24.5 Å². The van der Waals surface area contributed by atoms with E-state index in [1.807, 2.05) is 0 Å². The van der Waals surface area contributed by atoms with E-state index in [0.29, 0.717) is 35.4 Å². The van der Waals surface area contributed by atoms with E-state index in [9.17, 15) is 13.2 Å². The second-order valence-electron chi connectivity index (χ2n) is 7.26. The summed E-state index contributed by atoms with van der Waals surface area (Å²) in [5, 5.41) is 8.53. The number of hydrogen-bond donors (Lipinski definition) is 3. The molecule has 10 heteroatoms. The van der Waals surface area contributed by atoms with Crippen LogP contribution in [0, 0.1) is 5.41 Å². The first-order valence-corrected chi connectivity index (χ1v) is 9.70. The van der Waals surface area contributed by atoms with Crippen LogP contribution in [0.2, 0.25) is 0 Å². The first kappa shape index (κ1) is 22.3. The molecule has 1 aromatic heterocycles. The standard InChI is InChI=1S/C21H24F3N7/c1-28-10-13(9-25)14-3-2-4-15(17(26)7-16(14)22)20(27)18-8-19(30-12-29-18)31-6-5-21(23,24)11-31/h4,7-10,12,27H,2-3,5-6,11,25-26H2,1H3. The summed E-state index contributed by atoms with van der Waals surface area (Å²) in [6, 6.07) is 1.47. The van der Waals surface area contributed by atoms with Gasteiger partial charge in [0, 0.05) is 55.3 Å². The third-order valence-corrected chi connectivity index (χ3v) is 5.09. The topological polar surface area (TPSA) is 117 Å². The van der Waals surface area contributed by atoms with E-state index in [0.717, 1.165) is 6.08 Å². The number of anilines is 1. The lowest BCUT2D eigenvalue weighted by Crippen LogP contribution is -2.26. The molecule has 164 valence electrons. The molecule has 0 aromatic carbocycles. The molecule has 0 radical (unpaired) electrons. The molecule has 1 fully saturated rings. The van der Waals surface area contributed by atoms with Crippen LogP contribution >= 0.6 is 0 Å². The average molecular weight is 431 g/mol. The molecule has 0 amide bonds. The van der Waals surface area contributed by atoms with Crippen molar-refractivity contribution in [3.05, 3.63) is 64.7 Å². The molecule has 1 aliphatic carbocycles. The Bertz CT molecular complexity index is 1020. The predicted molar refractivity (Wildman–Crippen MR) is 115 cm³/mol. The molecule has 0 saturated carbocycles. The highest BCUT2D eigenvalue weighted by atomic mass is 19.3. The molecule has 1 aromatic rings. The minimum absolute atomic E-state index is 0.0377. The number of halogens is 3. The summed E-state index contributed by atoms with van der Waals surface area (Å²) < 4.78 is 41.9. The van der Waals surface area contributed by atoms with E-state index >= 15 is 0 Å². The summed E-state index contributed by atoms with van der Waals surface area (Å²) in [7, 11) is 1.56. The summed E-state index contributed by atoms with van der Waals surface area (Å²) in [5.74, 6) is -3.02. The van der Waals surface area contributed by atoms with E-state index in [1.54, 1.807) is 13.1 Å². The Labute approximate surface area is 178 Å². The molecular weight excluding hydrogens is 407 g/mol. The lowest BCUT2D eigenvalue weighted by molar-refractivity contribution is 0.0256. The maximum absolute atomic E-state index is 14.8. The van der Waals surface area contributed by atoms with Crippen molar-refractivity contribution < 1.29 is 13.2 Å². The fourth-order valence-electron chi connectivity index (χ4n) is 3.51. The van der Waals surface area contributed by atoms with E-state index in [4.69, 9.17) is 16.9 Å². The Hall–Kier alpha value is -3.43. The van der Waals surface area contributed by atoms with Crippen molar-refractivity contribution in [1.82, 2.24) is 9.97 Å². The van der Waals surface area contributed by atoms with Crippen LogP contribution in [-0.2, 0) is 0 Å². The largest absolute Gasteiger partial charge is 0.404 e. The van der Waals surface area contributed by atoms with E-state index in [-0.39, 0.29) is 30.1 Å². The SMILES string of the molecule is CN=CC(=CN)C1=C(F)C=C(N)C(C(=N)c2cc(N3CCC(F)(F)C3)ncn2)=CCC1. The van der Waals surface area contributed by atoms with Crippen molar-refractivity contribution in [1.29, 1.82) is 5.41 Å². The molecule has 5 N–H and O–H groups in total. The fraction of sp³-hybridized carbons (Fsp3) is 0.333. The van der Waals surface area contributed by atoms with Gasteiger partial charge in [-0.15, -0.1) is 0 Å². The van der Waals surface area contributed by atoms with E-state index in [1.165, 1.54) is 29.7 Å². The first-order valence-electron chi connectivity index (χ1n) is 9.70. The van der Waals surface area contributed by atoms with Crippen LogP contribution in [0.15, 0.2) is 64.0 Å². The van der Waals surface area contributed by atoms with Crippen molar-refractivity contribution in [2.24, 2.45) is 16.5 Å². The zero-order chi connectivity index (χ0) is 22.6. The highest BCUT2D eigenvalue weighted by molar-refractivity contribution is 6.12. The third kappa shape index (κ3) is 5.01. The number of allylic oxidation sites excluding steroid dienone is 6. The number of nitrogens with one attached hydrogen (secondary N) is 1. The van der Waals surface area contributed by atoms with E-state index < -0.39 is 18.3 Å². The summed E-state index contributed by atoms with van der Waals surface area (Å²) >= 11 is 0. The molecule has 3 rings (SSSR count). The number of aromatic nitrogens is 2. The van der Waals surface area contributed by atoms with Crippen molar-refractivity contribution >= 4 is 17.7 Å². The third-order valence-electron chi connectivity index (χ3n) is 5.09. The quantitative estimate of drug-likeness (QED) is 0.620. The summed E-state index contributed by atoms with van der Waals surface area (Å²) in [5.41, 5.74) is 13.1. The van der Waals surface area contributed by atoms with Crippen LogP contribution in [0.4, 0.5) is 19.0 Å². The van der Waals surface area contributed by atoms with Crippen molar-refractivity contribution in [3.63, 3.8) is 0 Å². The number of aliphatic imine (C=N–C) groups is 1. The van der Waals surface area contributed by atoms with Crippen LogP contribution < -0.4 is 16.4 Å². The maximum atomic E-state index is 14.8. The summed E-state index contributed by atoms with van der Waals surface area (Å²) in [6.45, 7) is -0.267. The molecule has 1 saturated heterocycles. The average Bonchev–Trinajstić information content (AvgIpc) is 3.10. The van der Waals surface area contributed by atoms with Gasteiger partial charge in [0.2, 0.25) is 0 Å². The second-order valence-corrected chi connectivity index (χ2v) is 7.26. The number of nitrogens with two attached hydrogens (primary N) is 2. The van der Waals surface area contributed by atoms with E-state index in [2.05, 4.69) is 15.0 Å². The molecule has 31 heavy (non-hydrogen) atoms. The lowest BCUT2D eigenvalue weighted by Gasteiger charge is -2.18. The van der Waals surface area contributed by atoms with Crippen molar-refractivity contribution in [2.45, 2.75) is 25.2 Å². The first-order chi connectivity index (χ1) is 14.8. The number of hydrogen-bond acceptors (Lipinski definition) is 7. The molecule has 1 aliphatic heterocycles. The molecule has 0 atom stereocenters. The Morgan fingerprint density at radius 1 is 1.35 bits per heavy atom. The van der Waals surface area contributed by atoms with Crippen LogP contribution in [0.1, 0.15) is 25.0 Å². The van der Waals surface area contributed by atoms with Gasteiger partial charge in [-0.3, -0.25) is 10.4 Å². The Kier molecular flexibility index (Phi) is 6.57. The molecular formula is C21H24F3N7. The molecule has 2 aliphatic rings. The van der Waals surface area contributed by atoms with Crippen molar-refractivity contribution in [3.8, 4) is 0 Å². The number of alkyl halides is 2. The lowest BCUT2D eigenvalue weighted by atomic mass is 9.94. The van der Waals surface area contributed by atoms with Crippen LogP contribution in [0.3, 0.4) is 0 Å². The Morgan fingerprint density at radius 3 is 2.77 bits per heavy atom. The van der Waals surface area contributed by atoms with Gasteiger partial charge in [0.15, 0.2) is 0 Å². The summed E-state index contributed by atoms with van der Waals surface area (Å²) in [6.07, 6.45) is 7.33. The van der Waals surface area contributed by atoms with Crippen LogP contribution in [0.5, 0.6) is 0 Å². The smallest absolute Gasteiger partial charge is 0.266 e. The van der Waals surface area contributed by atoms with Crippen molar-refractivity contribution in [2.75, 3.05) is 25.0 Å². The predicted octanol–water partition coefficient (Wildman–Crippen LogP) is 3.02. The van der Waals surface area contributed by atoms with Gasteiger partial charge in [0.05, 0.1) is 18.0 Å². The zero-order valence-electron chi connectivity index (χ0n) is 17.1. The Morgan fingerprint density at radius 2 is 2.13 bits per heavy atom. The van der Waals surface area contributed by atoms with Crippen LogP contribution in [0.25, 0.3) is 0 Å². The molecule has 0 unspecified atom stereocenters. The fourth-order valence-corrected chi connectivity index (χ4v) is 3.51. The Balaban J connectivity index is 1.88. The number of rotatable bonds is 5. The van der Waals surface area contributed by atoms with Crippen LogP contribution in [-0.4, -0.2) is 48.0 Å². The molecule has 0 spiro atoms. The zero-order valence-corrected chi connectivity index (χ0v) is 17.1. The van der Waals surface area contributed by atoms with Gasteiger partial charge in [-0.2, -0.15) is 0 Å². The number of nitrogens with zero attached hydrogens (tertiary/aromatic N) is 4. The monoisotopic (exact) mass is 431 g/mol. The van der Waals surface area contributed by atoms with Gasteiger partial charge in [0.1, 0.15) is 18.0 Å². The highest BCUT2D eigenvalue weighted by Crippen LogP contribution is 2.31. The molecule has 2 heterocycles. The van der Waals surface area contributed by atoms with Gasteiger partial charge in [0.25, 0.3) is 5.92 Å².